The molecule has 2 nitrogen and oxygen atoms in total. The van der Waals surface area contributed by atoms with Gasteiger partial charge in [0.15, 0.2) is 0 Å². The summed E-state index contributed by atoms with van der Waals surface area (Å²) in [6.45, 7) is -1.37. The van der Waals surface area contributed by atoms with Gasteiger partial charge in [0.25, 0.3) is 0 Å². The Morgan fingerprint density at radius 3 is 2.65 bits per heavy atom. The number of rotatable bonds is 3. The number of ether oxygens (including phenoxy) is 1. The predicted molar refractivity (Wildman–Crippen MR) is 57.6 cm³/mol. The van der Waals surface area contributed by atoms with Gasteiger partial charge in [-0.25, -0.2) is 4.39 Å². The number of benzene rings is 1. The van der Waals surface area contributed by atoms with Crippen molar-refractivity contribution in [3.63, 3.8) is 0 Å². The third-order valence-electron chi connectivity index (χ3n) is 2.28. The quantitative estimate of drug-likeness (QED) is 0.870. The topological polar surface area (TPSA) is 25.0 Å². The van der Waals surface area contributed by atoms with Gasteiger partial charge < -0.3 is 9.72 Å². The van der Waals surface area contributed by atoms with E-state index in [-0.39, 0.29) is 11.3 Å². The van der Waals surface area contributed by atoms with Gasteiger partial charge in [-0.3, -0.25) is 0 Å². The first-order valence-corrected chi connectivity index (χ1v) is 4.96. The molecule has 1 aromatic carbocycles. The summed E-state index contributed by atoms with van der Waals surface area (Å²) in [4.78, 5) is 2.76. The van der Waals surface area contributed by atoms with Gasteiger partial charge in [-0.15, -0.1) is 0 Å². The molecule has 0 radical (unpaired) electrons. The van der Waals surface area contributed by atoms with Crippen LogP contribution < -0.4 is 4.74 Å². The number of aryl methyl sites for hydroxylation is 1. The SMILES string of the molecule is Cc1cc(F)c(-c2ccc[nH]2)c(OC(F)F)c1. The van der Waals surface area contributed by atoms with Gasteiger partial charge in [0.2, 0.25) is 0 Å². The first-order valence-electron chi connectivity index (χ1n) is 4.96. The maximum Gasteiger partial charge on any atom is 0.387 e. The van der Waals surface area contributed by atoms with E-state index in [1.54, 1.807) is 25.3 Å². The molecule has 90 valence electrons. The van der Waals surface area contributed by atoms with Gasteiger partial charge in [0.05, 0.1) is 11.3 Å². The first kappa shape index (κ1) is 11.6. The molecular weight excluding hydrogens is 231 g/mol. The minimum atomic E-state index is -2.98. The van der Waals surface area contributed by atoms with Crippen LogP contribution in [0.25, 0.3) is 11.3 Å². The summed E-state index contributed by atoms with van der Waals surface area (Å²) in [5, 5.41) is 0. The zero-order valence-corrected chi connectivity index (χ0v) is 9.01. The number of aromatic nitrogens is 1. The summed E-state index contributed by atoms with van der Waals surface area (Å²) in [7, 11) is 0. The average molecular weight is 241 g/mol. The number of nitrogens with one attached hydrogen (secondary N) is 1. The van der Waals surface area contributed by atoms with E-state index in [0.29, 0.717) is 11.3 Å². The highest BCUT2D eigenvalue weighted by atomic mass is 19.3. The van der Waals surface area contributed by atoms with Crippen LogP contribution in [-0.2, 0) is 0 Å². The minimum absolute atomic E-state index is 0.0147. The fourth-order valence-electron chi connectivity index (χ4n) is 1.65. The Morgan fingerprint density at radius 1 is 1.29 bits per heavy atom. The zero-order chi connectivity index (χ0) is 12.4. The summed E-state index contributed by atoms with van der Waals surface area (Å²) in [6.07, 6.45) is 1.58. The van der Waals surface area contributed by atoms with Crippen molar-refractivity contribution in [3.05, 3.63) is 41.8 Å². The largest absolute Gasteiger partial charge is 0.434 e. The van der Waals surface area contributed by atoms with Crippen molar-refractivity contribution < 1.29 is 17.9 Å². The molecule has 0 amide bonds. The highest BCUT2D eigenvalue weighted by molar-refractivity contribution is 5.68. The summed E-state index contributed by atoms with van der Waals surface area (Å²) < 4.78 is 42.6. The minimum Gasteiger partial charge on any atom is -0.434 e. The van der Waals surface area contributed by atoms with Crippen LogP contribution in [-0.4, -0.2) is 11.6 Å². The summed E-state index contributed by atoms with van der Waals surface area (Å²) >= 11 is 0. The van der Waals surface area contributed by atoms with Crippen molar-refractivity contribution in [2.75, 3.05) is 0 Å². The molecule has 0 spiro atoms. The zero-order valence-electron chi connectivity index (χ0n) is 9.01. The monoisotopic (exact) mass is 241 g/mol. The molecule has 0 aliphatic carbocycles. The highest BCUT2D eigenvalue weighted by Gasteiger charge is 2.17. The molecule has 0 aliphatic heterocycles. The van der Waals surface area contributed by atoms with E-state index in [2.05, 4.69) is 9.72 Å². The second kappa shape index (κ2) is 4.53. The van der Waals surface area contributed by atoms with Crippen LogP contribution >= 0.6 is 0 Å². The van der Waals surface area contributed by atoms with Crippen molar-refractivity contribution in [1.29, 1.82) is 0 Å². The van der Waals surface area contributed by atoms with Gasteiger partial charge in [0.1, 0.15) is 11.6 Å². The standard InChI is InChI=1S/C12H10F3NO/c1-7-5-8(13)11(9-3-2-4-16-9)10(6-7)17-12(14)15/h2-6,12,16H,1H3. The van der Waals surface area contributed by atoms with E-state index >= 15 is 0 Å². The molecule has 0 unspecified atom stereocenters. The molecule has 0 bridgehead atoms. The lowest BCUT2D eigenvalue weighted by Crippen LogP contribution is -2.04. The molecule has 5 heteroatoms. The molecular formula is C12H10F3NO. The molecule has 2 rings (SSSR count). The van der Waals surface area contributed by atoms with E-state index in [4.69, 9.17) is 0 Å². The normalized spacial score (nSPS) is 10.9. The van der Waals surface area contributed by atoms with Crippen LogP contribution in [0.1, 0.15) is 5.56 Å². The number of aromatic amines is 1. The van der Waals surface area contributed by atoms with Crippen molar-refractivity contribution >= 4 is 0 Å². The molecule has 1 N–H and O–H groups in total. The van der Waals surface area contributed by atoms with E-state index in [9.17, 15) is 13.2 Å². The van der Waals surface area contributed by atoms with Crippen LogP contribution in [0.15, 0.2) is 30.5 Å². The number of alkyl halides is 2. The Hall–Kier alpha value is -1.91. The fourth-order valence-corrected chi connectivity index (χ4v) is 1.65. The average Bonchev–Trinajstić information content (AvgIpc) is 2.68. The Bertz CT molecular complexity index is 509. The number of hydrogen-bond donors (Lipinski definition) is 1. The van der Waals surface area contributed by atoms with Gasteiger partial charge in [0, 0.05) is 6.20 Å². The molecule has 0 fully saturated rings. The third kappa shape index (κ3) is 2.43. The smallest absolute Gasteiger partial charge is 0.387 e. The highest BCUT2D eigenvalue weighted by Crippen LogP contribution is 2.33. The molecule has 1 aromatic heterocycles. The van der Waals surface area contributed by atoms with Crippen LogP contribution in [0, 0.1) is 12.7 Å². The van der Waals surface area contributed by atoms with Gasteiger partial charge in [-0.05, 0) is 36.8 Å². The summed E-state index contributed by atoms with van der Waals surface area (Å²) in [5.74, 6) is -0.761. The fraction of sp³-hybridized carbons (Fsp3) is 0.167. The summed E-state index contributed by atoms with van der Waals surface area (Å²) in [6, 6.07) is 5.90. The lowest BCUT2D eigenvalue weighted by molar-refractivity contribution is -0.0496. The Morgan fingerprint density at radius 2 is 2.06 bits per heavy atom. The second-order valence-corrected chi connectivity index (χ2v) is 3.58. The third-order valence-corrected chi connectivity index (χ3v) is 2.28. The predicted octanol–water partition coefficient (Wildman–Crippen LogP) is 3.73. The number of hydrogen-bond acceptors (Lipinski definition) is 1. The maximum atomic E-state index is 13.8. The second-order valence-electron chi connectivity index (χ2n) is 3.58. The number of H-pyrrole nitrogens is 1. The molecule has 17 heavy (non-hydrogen) atoms. The van der Waals surface area contributed by atoms with E-state index in [1.165, 1.54) is 12.1 Å². The van der Waals surface area contributed by atoms with Crippen LogP contribution in [0.3, 0.4) is 0 Å². The van der Waals surface area contributed by atoms with Gasteiger partial charge in [-0.1, -0.05) is 0 Å². The van der Waals surface area contributed by atoms with E-state index < -0.39 is 12.4 Å². The lowest BCUT2D eigenvalue weighted by Gasteiger charge is -2.11. The number of halogens is 3. The Labute approximate surface area is 96.0 Å². The lowest BCUT2D eigenvalue weighted by atomic mass is 10.1. The van der Waals surface area contributed by atoms with Crippen molar-refractivity contribution in [3.8, 4) is 17.0 Å². The molecule has 0 saturated carbocycles. The van der Waals surface area contributed by atoms with Gasteiger partial charge in [-0.2, -0.15) is 8.78 Å². The van der Waals surface area contributed by atoms with Crippen molar-refractivity contribution in [1.82, 2.24) is 4.98 Å². The Balaban J connectivity index is 2.55. The molecule has 0 aliphatic rings. The summed E-state index contributed by atoms with van der Waals surface area (Å²) in [5.41, 5.74) is 0.938. The van der Waals surface area contributed by atoms with Crippen molar-refractivity contribution in [2.45, 2.75) is 13.5 Å². The van der Waals surface area contributed by atoms with Crippen LogP contribution in [0.4, 0.5) is 13.2 Å². The molecule has 1 heterocycles. The van der Waals surface area contributed by atoms with Crippen LogP contribution in [0.2, 0.25) is 0 Å². The van der Waals surface area contributed by atoms with Gasteiger partial charge >= 0.3 is 6.61 Å². The first-order chi connectivity index (χ1) is 8.08. The molecule has 2 aromatic rings. The molecule has 0 saturated heterocycles. The van der Waals surface area contributed by atoms with E-state index in [0.717, 1.165) is 0 Å². The molecule has 0 atom stereocenters. The maximum absolute atomic E-state index is 13.8. The van der Waals surface area contributed by atoms with Crippen LogP contribution in [0.5, 0.6) is 5.75 Å². The van der Waals surface area contributed by atoms with E-state index in [1.807, 2.05) is 0 Å². The van der Waals surface area contributed by atoms with Crippen molar-refractivity contribution in [2.24, 2.45) is 0 Å². The Kier molecular flexibility index (Phi) is 3.08.